The zero-order valence-corrected chi connectivity index (χ0v) is 17.1. The number of thioether (sulfide) groups is 1. The molecular weight excluding hydrogens is 380 g/mol. The molecule has 0 saturated heterocycles. The van der Waals surface area contributed by atoms with Gasteiger partial charge in [0.15, 0.2) is 11.0 Å². The van der Waals surface area contributed by atoms with Crippen molar-refractivity contribution in [2.24, 2.45) is 0 Å². The van der Waals surface area contributed by atoms with E-state index in [0.717, 1.165) is 28.7 Å². The number of nitrogens with one attached hydrogen (secondary N) is 1. The van der Waals surface area contributed by atoms with Crippen molar-refractivity contribution in [2.75, 3.05) is 11.1 Å². The number of aromatic nitrogens is 3. The Hall–Kier alpha value is -2.31. The van der Waals surface area contributed by atoms with E-state index in [0.29, 0.717) is 10.7 Å². The average Bonchev–Trinajstić information content (AvgIpc) is 3.06. The third kappa shape index (κ3) is 4.70. The lowest BCUT2D eigenvalue weighted by Gasteiger charge is -2.08. The van der Waals surface area contributed by atoms with Crippen molar-refractivity contribution in [3.8, 4) is 11.4 Å². The Balaban J connectivity index is 1.68. The monoisotopic (exact) mass is 400 g/mol. The molecule has 2 aromatic carbocycles. The van der Waals surface area contributed by atoms with Gasteiger partial charge in [-0.2, -0.15) is 0 Å². The van der Waals surface area contributed by atoms with E-state index in [-0.39, 0.29) is 11.7 Å². The predicted molar refractivity (Wildman–Crippen MR) is 111 cm³/mol. The largest absolute Gasteiger partial charge is 0.325 e. The number of aryl methyl sites for hydroxylation is 2. The fraction of sp³-hybridized carbons (Fsp3) is 0.250. The van der Waals surface area contributed by atoms with Crippen molar-refractivity contribution in [2.45, 2.75) is 32.5 Å². The highest BCUT2D eigenvalue weighted by atomic mass is 35.5. The summed E-state index contributed by atoms with van der Waals surface area (Å²) in [6.45, 7) is 6.75. The summed E-state index contributed by atoms with van der Waals surface area (Å²) < 4.78 is 2.02. The number of hydrogen-bond acceptors (Lipinski definition) is 4. The number of hydrogen-bond donors (Lipinski definition) is 1. The highest BCUT2D eigenvalue weighted by Crippen LogP contribution is 2.25. The molecule has 27 heavy (non-hydrogen) atoms. The van der Waals surface area contributed by atoms with E-state index in [1.165, 1.54) is 17.3 Å². The molecule has 1 amide bonds. The van der Waals surface area contributed by atoms with E-state index in [1.807, 2.05) is 42.7 Å². The predicted octanol–water partition coefficient (Wildman–Crippen LogP) is 4.97. The zero-order valence-electron chi connectivity index (χ0n) is 15.5. The molecule has 0 aliphatic rings. The molecule has 0 fully saturated rings. The minimum Gasteiger partial charge on any atom is -0.325 e. The van der Waals surface area contributed by atoms with Crippen molar-refractivity contribution in [1.82, 2.24) is 14.8 Å². The molecular formula is C20H21ClN4OS. The summed E-state index contributed by atoms with van der Waals surface area (Å²) in [7, 11) is 0. The summed E-state index contributed by atoms with van der Waals surface area (Å²) in [6, 6.07) is 13.7. The molecule has 5 nitrogen and oxygen atoms in total. The van der Waals surface area contributed by atoms with E-state index in [4.69, 9.17) is 11.6 Å². The number of amides is 1. The summed E-state index contributed by atoms with van der Waals surface area (Å²) in [5.41, 5.74) is 3.88. The number of nitrogens with zero attached hydrogens (tertiary/aromatic N) is 3. The summed E-state index contributed by atoms with van der Waals surface area (Å²) in [5.74, 6) is 0.950. The Morgan fingerprint density at radius 1 is 1.15 bits per heavy atom. The Morgan fingerprint density at radius 3 is 2.56 bits per heavy atom. The first-order valence-electron chi connectivity index (χ1n) is 8.67. The highest BCUT2D eigenvalue weighted by Gasteiger charge is 2.14. The minimum atomic E-state index is -0.109. The Labute approximate surface area is 168 Å². The van der Waals surface area contributed by atoms with Gasteiger partial charge in [0.25, 0.3) is 0 Å². The van der Waals surface area contributed by atoms with Crippen LogP contribution in [0, 0.1) is 13.8 Å². The smallest absolute Gasteiger partial charge is 0.234 e. The maximum Gasteiger partial charge on any atom is 0.234 e. The fourth-order valence-electron chi connectivity index (χ4n) is 2.59. The summed E-state index contributed by atoms with van der Waals surface area (Å²) in [5, 5.41) is 12.8. The number of carbonyl (C=O) groups is 1. The standard InChI is InChI=1S/C20H21ClN4OS/c1-4-25-19(15-8-5-13(2)6-9-15)23-24-20(25)27-12-18(26)22-16-10-7-14(3)17(21)11-16/h5-11H,4,12H2,1-3H3,(H,22,26). The second-order valence-electron chi connectivity index (χ2n) is 6.22. The summed E-state index contributed by atoms with van der Waals surface area (Å²) in [6.07, 6.45) is 0. The highest BCUT2D eigenvalue weighted by molar-refractivity contribution is 7.99. The molecule has 0 unspecified atom stereocenters. The maximum absolute atomic E-state index is 12.3. The van der Waals surface area contributed by atoms with Crippen molar-refractivity contribution in [3.05, 3.63) is 58.6 Å². The number of anilines is 1. The van der Waals surface area contributed by atoms with E-state index in [9.17, 15) is 4.79 Å². The Morgan fingerprint density at radius 2 is 1.89 bits per heavy atom. The van der Waals surface area contributed by atoms with Crippen LogP contribution in [-0.4, -0.2) is 26.4 Å². The van der Waals surface area contributed by atoms with E-state index >= 15 is 0 Å². The van der Waals surface area contributed by atoms with Gasteiger partial charge in [0.2, 0.25) is 5.91 Å². The molecule has 0 bridgehead atoms. The molecule has 0 saturated carbocycles. The molecule has 3 aromatic rings. The zero-order chi connectivity index (χ0) is 19.4. The van der Waals surface area contributed by atoms with Crippen LogP contribution >= 0.6 is 23.4 Å². The third-order valence-corrected chi connectivity index (χ3v) is 5.50. The van der Waals surface area contributed by atoms with Crippen LogP contribution in [0.25, 0.3) is 11.4 Å². The van der Waals surface area contributed by atoms with Crippen LogP contribution in [0.2, 0.25) is 5.02 Å². The second-order valence-corrected chi connectivity index (χ2v) is 7.57. The molecule has 0 radical (unpaired) electrons. The Bertz CT molecular complexity index is 953. The van der Waals surface area contributed by atoms with Gasteiger partial charge in [-0.1, -0.05) is 59.3 Å². The lowest BCUT2D eigenvalue weighted by Crippen LogP contribution is -2.14. The van der Waals surface area contributed by atoms with Crippen molar-refractivity contribution in [3.63, 3.8) is 0 Å². The van der Waals surface area contributed by atoms with Crippen LogP contribution in [0.5, 0.6) is 0 Å². The van der Waals surface area contributed by atoms with Crippen molar-refractivity contribution in [1.29, 1.82) is 0 Å². The van der Waals surface area contributed by atoms with Gasteiger partial charge in [-0.25, -0.2) is 0 Å². The number of benzene rings is 2. The topological polar surface area (TPSA) is 59.8 Å². The van der Waals surface area contributed by atoms with E-state index in [1.54, 1.807) is 6.07 Å². The van der Waals surface area contributed by atoms with Gasteiger partial charge in [0.1, 0.15) is 0 Å². The number of carbonyl (C=O) groups excluding carboxylic acids is 1. The molecule has 1 aromatic heterocycles. The summed E-state index contributed by atoms with van der Waals surface area (Å²) in [4.78, 5) is 12.3. The van der Waals surface area contributed by atoms with Crippen molar-refractivity contribution >= 4 is 35.0 Å². The van der Waals surface area contributed by atoms with Crippen LogP contribution < -0.4 is 5.32 Å². The lowest BCUT2D eigenvalue weighted by molar-refractivity contribution is -0.113. The molecule has 0 aliphatic heterocycles. The lowest BCUT2D eigenvalue weighted by atomic mass is 10.1. The van der Waals surface area contributed by atoms with Crippen LogP contribution in [-0.2, 0) is 11.3 Å². The average molecular weight is 401 g/mol. The van der Waals surface area contributed by atoms with Crippen LogP contribution in [0.4, 0.5) is 5.69 Å². The molecule has 140 valence electrons. The first kappa shape index (κ1) is 19.5. The SMILES string of the molecule is CCn1c(SCC(=O)Nc2ccc(C)c(Cl)c2)nnc1-c1ccc(C)cc1. The third-order valence-electron chi connectivity index (χ3n) is 4.13. The quantitative estimate of drug-likeness (QED) is 0.593. The van der Waals surface area contributed by atoms with Gasteiger partial charge in [-0.15, -0.1) is 10.2 Å². The van der Waals surface area contributed by atoms with Crippen molar-refractivity contribution < 1.29 is 4.79 Å². The Kier molecular flexibility index (Phi) is 6.19. The molecule has 3 rings (SSSR count). The van der Waals surface area contributed by atoms with E-state index < -0.39 is 0 Å². The fourth-order valence-corrected chi connectivity index (χ4v) is 3.58. The molecule has 7 heteroatoms. The van der Waals surface area contributed by atoms with Gasteiger partial charge in [-0.05, 0) is 38.5 Å². The van der Waals surface area contributed by atoms with Crippen LogP contribution in [0.3, 0.4) is 0 Å². The maximum atomic E-state index is 12.3. The summed E-state index contributed by atoms with van der Waals surface area (Å²) >= 11 is 7.47. The molecule has 0 spiro atoms. The number of halogens is 1. The first-order chi connectivity index (χ1) is 13.0. The van der Waals surface area contributed by atoms with Gasteiger partial charge in [0, 0.05) is 22.8 Å². The van der Waals surface area contributed by atoms with Gasteiger partial charge in [0.05, 0.1) is 5.75 Å². The van der Waals surface area contributed by atoms with Crippen LogP contribution in [0.1, 0.15) is 18.1 Å². The normalized spacial score (nSPS) is 10.8. The molecule has 0 atom stereocenters. The minimum absolute atomic E-state index is 0.109. The van der Waals surface area contributed by atoms with Crippen LogP contribution in [0.15, 0.2) is 47.6 Å². The molecule has 1 N–H and O–H groups in total. The second kappa shape index (κ2) is 8.59. The molecule has 0 aliphatic carbocycles. The van der Waals surface area contributed by atoms with Gasteiger partial charge in [-0.3, -0.25) is 4.79 Å². The van der Waals surface area contributed by atoms with Gasteiger partial charge >= 0.3 is 0 Å². The van der Waals surface area contributed by atoms with E-state index in [2.05, 4.69) is 34.6 Å². The first-order valence-corrected chi connectivity index (χ1v) is 10.0. The number of rotatable bonds is 6. The molecule has 1 heterocycles. The van der Waals surface area contributed by atoms with Gasteiger partial charge < -0.3 is 9.88 Å².